The second kappa shape index (κ2) is 4.10. The molecule has 0 aromatic rings. The molecule has 2 aliphatic heterocycles. The summed E-state index contributed by atoms with van der Waals surface area (Å²) in [4.78, 5) is 0. The zero-order chi connectivity index (χ0) is 7.68. The third kappa shape index (κ3) is 1.90. The zero-order valence-corrected chi connectivity index (χ0v) is 7.82. The standard InChI is InChI=1S/C8H14N2O.ClH/c9-8-4-3-7-6(10-8)2-1-5-11-7;/h6-7H,1-5H2,(H2,9,10);1H. The topological polar surface area (TPSA) is 45.1 Å². The average molecular weight is 191 g/mol. The predicted molar refractivity (Wildman–Crippen MR) is 50.1 cm³/mol. The summed E-state index contributed by atoms with van der Waals surface area (Å²) < 4.78 is 5.57. The van der Waals surface area contributed by atoms with E-state index < -0.39 is 0 Å². The van der Waals surface area contributed by atoms with Gasteiger partial charge in [0.2, 0.25) is 0 Å². The summed E-state index contributed by atoms with van der Waals surface area (Å²) in [5, 5.41) is 10.6. The van der Waals surface area contributed by atoms with Crippen molar-refractivity contribution in [1.82, 2.24) is 5.32 Å². The van der Waals surface area contributed by atoms with Gasteiger partial charge < -0.3 is 10.1 Å². The van der Waals surface area contributed by atoms with Crippen LogP contribution in [0, 0.1) is 5.41 Å². The SMILES string of the molecule is Cl.N=C1CCC2OCCCC2N1. The molecule has 0 spiro atoms. The van der Waals surface area contributed by atoms with Crippen molar-refractivity contribution in [3.8, 4) is 0 Å². The van der Waals surface area contributed by atoms with Crippen LogP contribution in [-0.2, 0) is 4.74 Å². The van der Waals surface area contributed by atoms with Gasteiger partial charge in [-0.3, -0.25) is 5.41 Å². The highest BCUT2D eigenvalue weighted by Gasteiger charge is 2.29. The van der Waals surface area contributed by atoms with Crippen LogP contribution in [0.25, 0.3) is 0 Å². The molecular formula is C8H15ClN2O. The Labute approximate surface area is 78.8 Å². The Kier molecular flexibility index (Phi) is 3.35. The van der Waals surface area contributed by atoms with E-state index in [0.717, 1.165) is 25.9 Å². The highest BCUT2D eigenvalue weighted by atomic mass is 35.5. The van der Waals surface area contributed by atoms with Crippen LogP contribution in [0.15, 0.2) is 0 Å². The van der Waals surface area contributed by atoms with E-state index in [-0.39, 0.29) is 12.4 Å². The van der Waals surface area contributed by atoms with Crippen LogP contribution >= 0.6 is 12.4 Å². The monoisotopic (exact) mass is 190 g/mol. The van der Waals surface area contributed by atoms with Gasteiger partial charge in [-0.25, -0.2) is 0 Å². The van der Waals surface area contributed by atoms with E-state index in [0.29, 0.717) is 18.0 Å². The maximum atomic E-state index is 7.44. The Morgan fingerprint density at radius 1 is 1.42 bits per heavy atom. The Bertz CT molecular complexity index is 174. The first-order valence-electron chi connectivity index (χ1n) is 4.32. The minimum atomic E-state index is 0. The molecule has 0 radical (unpaired) electrons. The molecule has 2 N–H and O–H groups in total. The lowest BCUT2D eigenvalue weighted by atomic mass is 9.94. The van der Waals surface area contributed by atoms with E-state index in [2.05, 4.69) is 5.32 Å². The number of fused-ring (bicyclic) bond motifs is 1. The molecule has 12 heavy (non-hydrogen) atoms. The number of rotatable bonds is 0. The highest BCUT2D eigenvalue weighted by molar-refractivity contribution is 5.85. The average Bonchev–Trinajstić information content (AvgIpc) is 2.04. The van der Waals surface area contributed by atoms with Crippen molar-refractivity contribution in [3.63, 3.8) is 0 Å². The minimum absolute atomic E-state index is 0. The van der Waals surface area contributed by atoms with Gasteiger partial charge in [0, 0.05) is 13.0 Å². The number of ether oxygens (including phenoxy) is 1. The molecule has 2 saturated heterocycles. The van der Waals surface area contributed by atoms with Crippen LogP contribution in [0.3, 0.4) is 0 Å². The van der Waals surface area contributed by atoms with Crippen molar-refractivity contribution in [1.29, 1.82) is 5.41 Å². The van der Waals surface area contributed by atoms with E-state index in [4.69, 9.17) is 10.1 Å². The Morgan fingerprint density at radius 2 is 2.25 bits per heavy atom. The molecule has 0 saturated carbocycles. The number of hydrogen-bond acceptors (Lipinski definition) is 2. The number of halogens is 1. The van der Waals surface area contributed by atoms with Crippen LogP contribution in [0.2, 0.25) is 0 Å². The van der Waals surface area contributed by atoms with Gasteiger partial charge in [0.1, 0.15) is 0 Å². The molecule has 4 heteroatoms. The van der Waals surface area contributed by atoms with Crippen LogP contribution in [-0.4, -0.2) is 24.6 Å². The molecule has 2 rings (SSSR count). The van der Waals surface area contributed by atoms with Crippen molar-refractivity contribution >= 4 is 18.2 Å². The lowest BCUT2D eigenvalue weighted by molar-refractivity contribution is -0.0130. The van der Waals surface area contributed by atoms with Crippen molar-refractivity contribution in [2.24, 2.45) is 0 Å². The second-order valence-corrected chi connectivity index (χ2v) is 3.32. The van der Waals surface area contributed by atoms with E-state index >= 15 is 0 Å². The molecule has 3 nitrogen and oxygen atoms in total. The van der Waals surface area contributed by atoms with Gasteiger partial charge >= 0.3 is 0 Å². The smallest absolute Gasteiger partial charge is 0.0935 e. The lowest BCUT2D eigenvalue weighted by Crippen LogP contribution is -2.50. The fraction of sp³-hybridized carbons (Fsp3) is 0.875. The Morgan fingerprint density at radius 3 is 3.08 bits per heavy atom. The molecular weight excluding hydrogens is 176 g/mol. The summed E-state index contributed by atoms with van der Waals surface area (Å²) in [6, 6.07) is 0.435. The molecule has 0 aliphatic carbocycles. The first kappa shape index (κ1) is 9.81. The van der Waals surface area contributed by atoms with Gasteiger partial charge in [0.05, 0.1) is 18.0 Å². The molecule has 0 amide bonds. The molecule has 0 aromatic heterocycles. The first-order valence-corrected chi connectivity index (χ1v) is 4.32. The lowest BCUT2D eigenvalue weighted by Gasteiger charge is -2.36. The van der Waals surface area contributed by atoms with Gasteiger partial charge in [0.15, 0.2) is 0 Å². The summed E-state index contributed by atoms with van der Waals surface area (Å²) >= 11 is 0. The van der Waals surface area contributed by atoms with Crippen molar-refractivity contribution in [3.05, 3.63) is 0 Å². The van der Waals surface area contributed by atoms with Gasteiger partial charge in [-0.15, -0.1) is 12.4 Å². The highest BCUT2D eigenvalue weighted by Crippen LogP contribution is 2.21. The molecule has 2 atom stereocenters. The van der Waals surface area contributed by atoms with Crippen molar-refractivity contribution in [2.45, 2.75) is 37.8 Å². The number of hydrogen-bond donors (Lipinski definition) is 2. The third-order valence-corrected chi connectivity index (χ3v) is 2.48. The predicted octanol–water partition coefficient (Wildman–Crippen LogP) is 1.32. The summed E-state index contributed by atoms with van der Waals surface area (Å²) in [5.74, 6) is 0.691. The largest absolute Gasteiger partial charge is 0.376 e. The third-order valence-electron chi connectivity index (χ3n) is 2.48. The van der Waals surface area contributed by atoms with Crippen LogP contribution in [0.5, 0.6) is 0 Å². The quantitative estimate of drug-likeness (QED) is 0.605. The fourth-order valence-corrected chi connectivity index (χ4v) is 1.87. The number of piperidine rings is 1. The summed E-state index contributed by atoms with van der Waals surface area (Å²) in [6.07, 6.45) is 4.60. The molecule has 2 fully saturated rings. The Balaban J connectivity index is 0.000000720. The van der Waals surface area contributed by atoms with Gasteiger partial charge in [-0.2, -0.15) is 0 Å². The minimum Gasteiger partial charge on any atom is -0.376 e. The molecule has 0 bridgehead atoms. The van der Waals surface area contributed by atoms with Gasteiger partial charge in [0.25, 0.3) is 0 Å². The summed E-state index contributed by atoms with van der Waals surface area (Å²) in [6.45, 7) is 0.913. The first-order chi connectivity index (χ1) is 5.36. The summed E-state index contributed by atoms with van der Waals surface area (Å²) in [7, 11) is 0. The number of nitrogens with one attached hydrogen (secondary N) is 2. The molecule has 2 unspecified atom stereocenters. The molecule has 2 heterocycles. The van der Waals surface area contributed by atoms with Crippen molar-refractivity contribution < 1.29 is 4.74 Å². The fourth-order valence-electron chi connectivity index (χ4n) is 1.87. The maximum Gasteiger partial charge on any atom is 0.0935 e. The van der Waals surface area contributed by atoms with Crippen LogP contribution in [0.4, 0.5) is 0 Å². The molecule has 2 aliphatic rings. The van der Waals surface area contributed by atoms with Crippen molar-refractivity contribution in [2.75, 3.05) is 6.61 Å². The van der Waals surface area contributed by atoms with Crippen LogP contribution < -0.4 is 5.32 Å². The van der Waals surface area contributed by atoms with E-state index in [1.807, 2.05) is 0 Å². The number of amidine groups is 1. The van der Waals surface area contributed by atoms with E-state index in [1.54, 1.807) is 0 Å². The van der Waals surface area contributed by atoms with E-state index in [9.17, 15) is 0 Å². The zero-order valence-electron chi connectivity index (χ0n) is 7.01. The van der Waals surface area contributed by atoms with E-state index in [1.165, 1.54) is 6.42 Å². The Hall–Kier alpha value is -0.280. The molecule has 0 aromatic carbocycles. The van der Waals surface area contributed by atoms with Gasteiger partial charge in [-0.05, 0) is 19.3 Å². The maximum absolute atomic E-state index is 7.44. The van der Waals surface area contributed by atoms with Gasteiger partial charge in [-0.1, -0.05) is 0 Å². The van der Waals surface area contributed by atoms with Crippen LogP contribution in [0.1, 0.15) is 25.7 Å². The second-order valence-electron chi connectivity index (χ2n) is 3.32. The molecule has 70 valence electrons. The normalized spacial score (nSPS) is 34.5. The summed E-state index contributed by atoms with van der Waals surface area (Å²) in [5.41, 5.74) is 0.